The van der Waals surface area contributed by atoms with Crippen LogP contribution in [0.25, 0.3) is 0 Å². The van der Waals surface area contributed by atoms with Gasteiger partial charge in [-0.05, 0) is 44.2 Å². The molecule has 1 aliphatic rings. The number of carbonyl (C=O) groups excluding carboxylic acids is 2. The van der Waals surface area contributed by atoms with Crippen LogP contribution in [0.3, 0.4) is 0 Å². The molecule has 2 aromatic carbocycles. The first-order valence-corrected chi connectivity index (χ1v) is 10.4. The van der Waals surface area contributed by atoms with Gasteiger partial charge in [0.1, 0.15) is 16.9 Å². The summed E-state index contributed by atoms with van der Waals surface area (Å²) in [6.07, 6.45) is 0.218. The molecule has 2 amide bonds. The van der Waals surface area contributed by atoms with Gasteiger partial charge in [0.25, 0.3) is 0 Å². The molecule has 1 N–H and O–H groups in total. The zero-order valence-corrected chi connectivity index (χ0v) is 17.9. The summed E-state index contributed by atoms with van der Waals surface area (Å²) >= 11 is 1.55. The molecule has 2 aromatic rings. The minimum absolute atomic E-state index is 0.0213. The third kappa shape index (κ3) is 4.85. The molecule has 154 valence electrons. The number of amides is 2. The van der Waals surface area contributed by atoms with Crippen molar-refractivity contribution in [3.05, 3.63) is 53.6 Å². The van der Waals surface area contributed by atoms with Crippen molar-refractivity contribution in [1.29, 1.82) is 0 Å². The van der Waals surface area contributed by atoms with Gasteiger partial charge in [-0.3, -0.25) is 9.59 Å². The Morgan fingerprint density at radius 1 is 1.14 bits per heavy atom. The van der Waals surface area contributed by atoms with E-state index in [1.165, 1.54) is 0 Å². The third-order valence-corrected chi connectivity index (χ3v) is 6.24. The lowest BCUT2D eigenvalue weighted by atomic mass is 10.1. The van der Waals surface area contributed by atoms with E-state index in [0.29, 0.717) is 18.0 Å². The highest BCUT2D eigenvalue weighted by atomic mass is 32.2. The molecule has 0 radical (unpaired) electrons. The molecule has 6 nitrogen and oxygen atoms in total. The molecule has 0 bridgehead atoms. The molecule has 1 aliphatic heterocycles. The highest BCUT2D eigenvalue weighted by molar-refractivity contribution is 8.01. The number of anilines is 1. The van der Waals surface area contributed by atoms with Gasteiger partial charge in [0.05, 0.1) is 19.5 Å². The Bertz CT molecular complexity index is 885. The fraction of sp³-hybridized carbons (Fsp3) is 0.364. The zero-order chi connectivity index (χ0) is 21.0. The average Bonchev–Trinajstić information content (AvgIpc) is 3.01. The number of hydrogen-bond donors (Lipinski definition) is 1. The first-order valence-electron chi connectivity index (χ1n) is 9.47. The number of carbonyl (C=O) groups is 2. The molecule has 7 heteroatoms. The van der Waals surface area contributed by atoms with E-state index >= 15 is 0 Å². The largest absolute Gasteiger partial charge is 0.497 e. The van der Waals surface area contributed by atoms with Gasteiger partial charge in [-0.15, -0.1) is 11.8 Å². The second kappa shape index (κ2) is 9.22. The second-order valence-electron chi connectivity index (χ2n) is 6.93. The summed E-state index contributed by atoms with van der Waals surface area (Å²) in [4.78, 5) is 26.9. The van der Waals surface area contributed by atoms with Crippen molar-refractivity contribution in [2.75, 3.05) is 26.1 Å². The molecule has 29 heavy (non-hydrogen) atoms. The number of rotatable bonds is 7. The van der Waals surface area contributed by atoms with Crippen LogP contribution in [0.1, 0.15) is 29.8 Å². The lowest BCUT2D eigenvalue weighted by Gasteiger charge is -2.25. The monoisotopic (exact) mass is 414 g/mol. The standard InChI is InChI=1S/C22H26N2O4S/c1-14-5-7-16(8-6-14)23-20(25)11-12-24-21(26)15(2)29-22(24)18-13-17(27-3)9-10-19(18)28-4/h5-10,13,15,22H,11-12H2,1-4H3,(H,23,25)/t15-,22-/m1/s1. The molecule has 0 unspecified atom stereocenters. The summed E-state index contributed by atoms with van der Waals surface area (Å²) in [7, 11) is 3.21. The Kier molecular flexibility index (Phi) is 6.69. The smallest absolute Gasteiger partial charge is 0.236 e. The van der Waals surface area contributed by atoms with E-state index in [0.717, 1.165) is 16.8 Å². The lowest BCUT2D eigenvalue weighted by Crippen LogP contribution is -2.33. The quantitative estimate of drug-likeness (QED) is 0.742. The molecule has 1 fully saturated rings. The zero-order valence-electron chi connectivity index (χ0n) is 17.1. The van der Waals surface area contributed by atoms with Crippen LogP contribution < -0.4 is 14.8 Å². The minimum atomic E-state index is -0.227. The second-order valence-corrected chi connectivity index (χ2v) is 8.36. The number of methoxy groups -OCH3 is 2. The Balaban J connectivity index is 1.73. The molecular formula is C22H26N2O4S. The van der Waals surface area contributed by atoms with Gasteiger partial charge in [-0.25, -0.2) is 0 Å². The van der Waals surface area contributed by atoms with Crippen molar-refractivity contribution in [2.45, 2.75) is 30.9 Å². The fourth-order valence-electron chi connectivity index (χ4n) is 3.26. The van der Waals surface area contributed by atoms with Gasteiger partial charge in [-0.2, -0.15) is 0 Å². The van der Waals surface area contributed by atoms with Crippen LogP contribution in [-0.2, 0) is 9.59 Å². The summed E-state index contributed by atoms with van der Waals surface area (Å²) in [5.74, 6) is 1.29. The minimum Gasteiger partial charge on any atom is -0.497 e. The molecule has 1 heterocycles. The van der Waals surface area contributed by atoms with E-state index in [2.05, 4.69) is 5.32 Å². The summed E-state index contributed by atoms with van der Waals surface area (Å²) in [6.45, 7) is 4.22. The van der Waals surface area contributed by atoms with Crippen molar-refractivity contribution in [3.63, 3.8) is 0 Å². The van der Waals surface area contributed by atoms with E-state index in [1.54, 1.807) is 30.9 Å². The fourth-order valence-corrected chi connectivity index (χ4v) is 4.58. The van der Waals surface area contributed by atoms with Crippen molar-refractivity contribution in [1.82, 2.24) is 4.90 Å². The Morgan fingerprint density at radius 3 is 2.52 bits per heavy atom. The van der Waals surface area contributed by atoms with Crippen LogP contribution in [0.15, 0.2) is 42.5 Å². The highest BCUT2D eigenvalue weighted by Gasteiger charge is 2.39. The molecular weight excluding hydrogens is 388 g/mol. The number of aryl methyl sites for hydroxylation is 1. The molecule has 0 aromatic heterocycles. The summed E-state index contributed by atoms with van der Waals surface area (Å²) < 4.78 is 10.8. The molecule has 3 rings (SSSR count). The number of nitrogens with one attached hydrogen (secondary N) is 1. The normalized spacial score (nSPS) is 18.6. The number of benzene rings is 2. The van der Waals surface area contributed by atoms with E-state index in [9.17, 15) is 9.59 Å². The van der Waals surface area contributed by atoms with Crippen molar-refractivity contribution in [3.8, 4) is 11.5 Å². The van der Waals surface area contributed by atoms with Gasteiger partial charge < -0.3 is 19.7 Å². The van der Waals surface area contributed by atoms with Crippen LogP contribution >= 0.6 is 11.8 Å². The molecule has 0 saturated carbocycles. The first-order chi connectivity index (χ1) is 13.9. The van der Waals surface area contributed by atoms with E-state index < -0.39 is 0 Å². The van der Waals surface area contributed by atoms with Crippen LogP contribution in [0.5, 0.6) is 11.5 Å². The van der Waals surface area contributed by atoms with Gasteiger partial charge in [0.2, 0.25) is 11.8 Å². The van der Waals surface area contributed by atoms with Crippen LogP contribution in [0.2, 0.25) is 0 Å². The topological polar surface area (TPSA) is 67.9 Å². The van der Waals surface area contributed by atoms with E-state index in [1.807, 2.05) is 56.3 Å². The maximum atomic E-state index is 12.8. The maximum absolute atomic E-state index is 12.8. The summed E-state index contributed by atoms with van der Waals surface area (Å²) in [6, 6.07) is 13.2. The number of nitrogens with zero attached hydrogens (tertiary/aromatic N) is 1. The van der Waals surface area contributed by atoms with E-state index in [-0.39, 0.29) is 28.9 Å². The SMILES string of the molecule is COc1ccc(OC)c([C@H]2S[C@H](C)C(=O)N2CCC(=O)Nc2ccc(C)cc2)c1. The lowest BCUT2D eigenvalue weighted by molar-refractivity contribution is -0.130. The highest BCUT2D eigenvalue weighted by Crippen LogP contribution is 2.46. The van der Waals surface area contributed by atoms with Gasteiger partial charge in [0, 0.05) is 24.2 Å². The predicted octanol–water partition coefficient (Wildman–Crippen LogP) is 4.00. The van der Waals surface area contributed by atoms with Crippen molar-refractivity contribution in [2.24, 2.45) is 0 Å². The number of thioether (sulfide) groups is 1. The average molecular weight is 415 g/mol. The van der Waals surface area contributed by atoms with Crippen LogP contribution in [-0.4, -0.2) is 42.7 Å². The molecule has 0 aliphatic carbocycles. The Labute approximate surface area is 175 Å². The van der Waals surface area contributed by atoms with Crippen molar-refractivity contribution >= 4 is 29.3 Å². The van der Waals surface area contributed by atoms with Crippen molar-refractivity contribution < 1.29 is 19.1 Å². The van der Waals surface area contributed by atoms with Gasteiger partial charge in [-0.1, -0.05) is 17.7 Å². The molecule has 2 atom stereocenters. The number of hydrogen-bond acceptors (Lipinski definition) is 5. The summed E-state index contributed by atoms with van der Waals surface area (Å²) in [5, 5.41) is 2.47. The maximum Gasteiger partial charge on any atom is 0.236 e. The van der Waals surface area contributed by atoms with Crippen LogP contribution in [0.4, 0.5) is 5.69 Å². The molecule has 1 saturated heterocycles. The van der Waals surface area contributed by atoms with Gasteiger partial charge >= 0.3 is 0 Å². The van der Waals surface area contributed by atoms with E-state index in [4.69, 9.17) is 9.47 Å². The van der Waals surface area contributed by atoms with Gasteiger partial charge in [0.15, 0.2) is 0 Å². The summed E-state index contributed by atoms with van der Waals surface area (Å²) in [5.41, 5.74) is 2.75. The molecule has 0 spiro atoms. The van der Waals surface area contributed by atoms with Crippen LogP contribution in [0, 0.1) is 6.92 Å². The Hall–Kier alpha value is -2.67. The predicted molar refractivity (Wildman–Crippen MR) is 115 cm³/mol. The first kappa shape index (κ1) is 21.0. The number of ether oxygens (including phenoxy) is 2. The Morgan fingerprint density at radius 2 is 1.86 bits per heavy atom. The third-order valence-electron chi connectivity index (χ3n) is 4.86.